The summed E-state index contributed by atoms with van der Waals surface area (Å²) in [6, 6.07) is 11.2. The monoisotopic (exact) mass is 300 g/mol. The molecule has 1 heterocycles. The minimum Gasteiger partial charge on any atom is -0.493 e. The van der Waals surface area contributed by atoms with Crippen LogP contribution in [-0.2, 0) is 11.2 Å². The van der Waals surface area contributed by atoms with Crippen LogP contribution in [0.3, 0.4) is 0 Å². The first-order valence-corrected chi connectivity index (χ1v) is 7.09. The zero-order valence-electron chi connectivity index (χ0n) is 12.9. The fourth-order valence-corrected chi connectivity index (χ4v) is 1.96. The number of likely N-dealkylation sites (N-methyl/N-ethyl adjacent to an activating group) is 1. The number of amides is 1. The van der Waals surface area contributed by atoms with Crippen molar-refractivity contribution in [2.45, 2.75) is 6.42 Å². The van der Waals surface area contributed by atoms with Gasteiger partial charge in [-0.2, -0.15) is 0 Å². The number of para-hydroxylation sites is 2. The molecule has 0 aliphatic rings. The minimum absolute atomic E-state index is 0.00673. The maximum atomic E-state index is 12.1. The second-order valence-corrected chi connectivity index (χ2v) is 4.86. The molecule has 0 bridgehead atoms. The molecule has 0 saturated heterocycles. The topological polar surface area (TPSA) is 51.7 Å². The predicted octanol–water partition coefficient (Wildman–Crippen LogP) is 2.17. The van der Waals surface area contributed by atoms with Crippen molar-refractivity contribution in [2.24, 2.45) is 0 Å². The molecule has 1 aromatic heterocycles. The van der Waals surface area contributed by atoms with Crippen molar-refractivity contribution in [3.63, 3.8) is 0 Å². The number of hydrogen-bond donors (Lipinski definition) is 0. The van der Waals surface area contributed by atoms with E-state index in [0.717, 1.165) is 12.0 Å². The van der Waals surface area contributed by atoms with Crippen LogP contribution >= 0.6 is 0 Å². The molecule has 0 unspecified atom stereocenters. The van der Waals surface area contributed by atoms with Crippen LogP contribution in [0.15, 0.2) is 48.8 Å². The summed E-state index contributed by atoms with van der Waals surface area (Å²) in [5.41, 5.74) is 1.15. The van der Waals surface area contributed by atoms with Gasteiger partial charge in [-0.1, -0.05) is 12.1 Å². The van der Waals surface area contributed by atoms with Gasteiger partial charge >= 0.3 is 0 Å². The van der Waals surface area contributed by atoms with E-state index in [2.05, 4.69) is 4.98 Å². The normalized spacial score (nSPS) is 10.1. The summed E-state index contributed by atoms with van der Waals surface area (Å²) < 4.78 is 10.7. The number of carbonyl (C=O) groups is 1. The van der Waals surface area contributed by atoms with Crippen LogP contribution in [0, 0.1) is 0 Å². The molecule has 0 N–H and O–H groups in total. The van der Waals surface area contributed by atoms with Gasteiger partial charge in [0.1, 0.15) is 0 Å². The second kappa shape index (κ2) is 8.02. The fraction of sp³-hybridized carbons (Fsp3) is 0.294. The van der Waals surface area contributed by atoms with E-state index in [1.165, 1.54) is 0 Å². The molecule has 1 amide bonds. The highest BCUT2D eigenvalue weighted by Gasteiger charge is 2.11. The van der Waals surface area contributed by atoms with Gasteiger partial charge < -0.3 is 14.4 Å². The Balaban J connectivity index is 1.81. The molecule has 22 heavy (non-hydrogen) atoms. The summed E-state index contributed by atoms with van der Waals surface area (Å²) in [5.74, 6) is 1.12. The van der Waals surface area contributed by atoms with Crippen molar-refractivity contribution in [2.75, 3.05) is 27.3 Å². The molecule has 0 radical (unpaired) electrons. The number of pyridine rings is 1. The van der Waals surface area contributed by atoms with Crippen molar-refractivity contribution in [3.05, 3.63) is 54.4 Å². The number of hydrogen-bond acceptors (Lipinski definition) is 4. The minimum atomic E-state index is -0.0695. The van der Waals surface area contributed by atoms with Crippen LogP contribution in [0.4, 0.5) is 0 Å². The third-order valence-corrected chi connectivity index (χ3v) is 3.33. The Morgan fingerprint density at radius 1 is 1.14 bits per heavy atom. The first-order valence-electron chi connectivity index (χ1n) is 7.09. The van der Waals surface area contributed by atoms with Gasteiger partial charge in [-0.15, -0.1) is 0 Å². The van der Waals surface area contributed by atoms with E-state index in [-0.39, 0.29) is 12.5 Å². The number of nitrogens with zero attached hydrogens (tertiary/aromatic N) is 2. The number of ether oxygens (including phenoxy) is 2. The largest absolute Gasteiger partial charge is 0.493 e. The van der Waals surface area contributed by atoms with Gasteiger partial charge in [0.05, 0.1) is 7.11 Å². The highest BCUT2D eigenvalue weighted by atomic mass is 16.5. The van der Waals surface area contributed by atoms with Gasteiger partial charge in [0.15, 0.2) is 18.1 Å². The van der Waals surface area contributed by atoms with Crippen molar-refractivity contribution < 1.29 is 14.3 Å². The lowest BCUT2D eigenvalue weighted by atomic mass is 10.2. The van der Waals surface area contributed by atoms with E-state index in [0.29, 0.717) is 18.0 Å². The smallest absolute Gasteiger partial charge is 0.260 e. The fourth-order valence-electron chi connectivity index (χ4n) is 1.96. The third-order valence-electron chi connectivity index (χ3n) is 3.33. The Kier molecular flexibility index (Phi) is 5.77. The molecule has 1 aromatic carbocycles. The van der Waals surface area contributed by atoms with Gasteiger partial charge in [-0.25, -0.2) is 0 Å². The molecular formula is C17H20N2O3. The summed E-state index contributed by atoms with van der Waals surface area (Å²) in [5, 5.41) is 0. The summed E-state index contributed by atoms with van der Waals surface area (Å²) in [7, 11) is 3.35. The molecule has 0 spiro atoms. The number of rotatable bonds is 7. The molecule has 0 fully saturated rings. The summed E-state index contributed by atoms with van der Waals surface area (Å²) >= 11 is 0. The highest BCUT2D eigenvalue weighted by molar-refractivity contribution is 5.77. The summed E-state index contributed by atoms with van der Waals surface area (Å²) in [6.45, 7) is 0.630. The van der Waals surface area contributed by atoms with Gasteiger partial charge in [0.2, 0.25) is 0 Å². The van der Waals surface area contributed by atoms with Crippen molar-refractivity contribution in [3.8, 4) is 11.5 Å². The van der Waals surface area contributed by atoms with E-state index in [1.54, 1.807) is 43.6 Å². The third kappa shape index (κ3) is 4.48. The Morgan fingerprint density at radius 3 is 2.50 bits per heavy atom. The average molecular weight is 300 g/mol. The Labute approximate surface area is 130 Å². The van der Waals surface area contributed by atoms with Crippen LogP contribution in [0.25, 0.3) is 0 Å². The Morgan fingerprint density at radius 2 is 1.82 bits per heavy atom. The van der Waals surface area contributed by atoms with Gasteiger partial charge in [0.25, 0.3) is 5.91 Å². The van der Waals surface area contributed by atoms with Crippen LogP contribution in [-0.4, -0.2) is 43.1 Å². The van der Waals surface area contributed by atoms with Crippen LogP contribution in [0.1, 0.15) is 5.56 Å². The van der Waals surface area contributed by atoms with Crippen molar-refractivity contribution >= 4 is 5.91 Å². The molecule has 116 valence electrons. The predicted molar refractivity (Wildman–Crippen MR) is 84.1 cm³/mol. The molecule has 0 aliphatic heterocycles. The molecule has 2 aromatic rings. The SMILES string of the molecule is COc1ccccc1OCC(=O)N(C)CCc1ccncc1. The molecule has 0 saturated carbocycles. The zero-order chi connectivity index (χ0) is 15.8. The van der Waals surface area contributed by atoms with Crippen LogP contribution in [0.2, 0.25) is 0 Å². The van der Waals surface area contributed by atoms with E-state index >= 15 is 0 Å². The lowest BCUT2D eigenvalue weighted by molar-refractivity contribution is -0.132. The standard InChI is InChI=1S/C17H20N2O3/c1-19(12-9-14-7-10-18-11-8-14)17(20)13-22-16-6-4-3-5-15(16)21-2/h3-8,10-11H,9,12-13H2,1-2H3. The quantitative estimate of drug-likeness (QED) is 0.786. The summed E-state index contributed by atoms with van der Waals surface area (Å²) in [4.78, 5) is 17.7. The number of carbonyl (C=O) groups excluding carboxylic acids is 1. The first kappa shape index (κ1) is 15.8. The first-order chi connectivity index (χ1) is 10.7. The molecule has 5 heteroatoms. The van der Waals surface area contributed by atoms with E-state index in [1.807, 2.05) is 24.3 Å². The van der Waals surface area contributed by atoms with Gasteiger partial charge in [0, 0.05) is 26.0 Å². The Bertz CT molecular complexity index is 602. The molecule has 0 aliphatic carbocycles. The second-order valence-electron chi connectivity index (χ2n) is 4.86. The molecule has 5 nitrogen and oxygen atoms in total. The van der Waals surface area contributed by atoms with Crippen LogP contribution in [0.5, 0.6) is 11.5 Å². The lowest BCUT2D eigenvalue weighted by Crippen LogP contribution is -2.33. The number of benzene rings is 1. The van der Waals surface area contributed by atoms with Crippen molar-refractivity contribution in [1.82, 2.24) is 9.88 Å². The molecular weight excluding hydrogens is 280 g/mol. The van der Waals surface area contributed by atoms with Gasteiger partial charge in [-0.05, 0) is 36.2 Å². The maximum Gasteiger partial charge on any atom is 0.260 e. The number of methoxy groups -OCH3 is 1. The van der Waals surface area contributed by atoms with Crippen molar-refractivity contribution in [1.29, 1.82) is 0 Å². The summed E-state index contributed by atoms with van der Waals surface area (Å²) in [6.07, 6.45) is 4.29. The molecule has 2 rings (SSSR count). The highest BCUT2D eigenvalue weighted by Crippen LogP contribution is 2.25. The van der Waals surface area contributed by atoms with Crippen LogP contribution < -0.4 is 9.47 Å². The zero-order valence-corrected chi connectivity index (χ0v) is 12.9. The van der Waals surface area contributed by atoms with E-state index < -0.39 is 0 Å². The van der Waals surface area contributed by atoms with Gasteiger partial charge in [-0.3, -0.25) is 9.78 Å². The maximum absolute atomic E-state index is 12.1. The van der Waals surface area contributed by atoms with E-state index in [9.17, 15) is 4.79 Å². The van der Waals surface area contributed by atoms with E-state index in [4.69, 9.17) is 9.47 Å². The lowest BCUT2D eigenvalue weighted by Gasteiger charge is -2.18. The Hall–Kier alpha value is -2.56. The average Bonchev–Trinajstić information content (AvgIpc) is 2.58. The number of aromatic nitrogens is 1. The molecule has 0 atom stereocenters.